The highest BCUT2D eigenvalue weighted by Gasteiger charge is 2.23. The van der Waals surface area contributed by atoms with Crippen molar-refractivity contribution in [2.75, 3.05) is 26.2 Å². The lowest BCUT2D eigenvalue weighted by molar-refractivity contribution is 0.0624. The van der Waals surface area contributed by atoms with Gasteiger partial charge in [0.25, 0.3) is 5.91 Å². The Balaban J connectivity index is 1.57. The number of nitrogens with zero attached hydrogens (tertiary/aromatic N) is 2. The van der Waals surface area contributed by atoms with E-state index in [-0.39, 0.29) is 11.5 Å². The maximum absolute atomic E-state index is 13.7. The molecule has 3 nitrogen and oxygen atoms in total. The molecule has 0 atom stereocenters. The molecule has 120 valence electrons. The summed E-state index contributed by atoms with van der Waals surface area (Å²) in [4.78, 5) is 16.5. The van der Waals surface area contributed by atoms with Crippen molar-refractivity contribution in [3.63, 3.8) is 0 Å². The molecule has 4 heteroatoms. The van der Waals surface area contributed by atoms with Gasteiger partial charge < -0.3 is 4.90 Å². The third-order valence-electron chi connectivity index (χ3n) is 4.29. The second kappa shape index (κ2) is 6.92. The summed E-state index contributed by atoms with van der Waals surface area (Å²) in [6.07, 6.45) is 0. The van der Waals surface area contributed by atoms with Crippen LogP contribution in [-0.4, -0.2) is 41.9 Å². The van der Waals surface area contributed by atoms with E-state index in [1.807, 2.05) is 0 Å². The van der Waals surface area contributed by atoms with Gasteiger partial charge in [-0.25, -0.2) is 4.39 Å². The van der Waals surface area contributed by atoms with Crippen LogP contribution in [0.2, 0.25) is 0 Å². The van der Waals surface area contributed by atoms with Gasteiger partial charge in [-0.1, -0.05) is 42.0 Å². The van der Waals surface area contributed by atoms with Gasteiger partial charge in [-0.2, -0.15) is 0 Å². The smallest absolute Gasteiger partial charge is 0.256 e. The third-order valence-corrected chi connectivity index (χ3v) is 4.29. The standard InChI is InChI=1S/C19H21FN2O/c1-15-6-8-16(9-7-15)14-21-10-12-22(13-11-21)19(23)17-4-2-3-5-18(17)20/h2-9H,10-14H2,1H3. The highest BCUT2D eigenvalue weighted by atomic mass is 19.1. The van der Waals surface area contributed by atoms with Crippen LogP contribution >= 0.6 is 0 Å². The number of amides is 1. The molecule has 0 aliphatic carbocycles. The van der Waals surface area contributed by atoms with Gasteiger partial charge in [0, 0.05) is 32.7 Å². The summed E-state index contributed by atoms with van der Waals surface area (Å²) < 4.78 is 13.7. The number of hydrogen-bond donors (Lipinski definition) is 0. The van der Waals surface area contributed by atoms with Crippen molar-refractivity contribution in [1.82, 2.24) is 9.80 Å². The van der Waals surface area contributed by atoms with Crippen molar-refractivity contribution in [3.8, 4) is 0 Å². The molecule has 0 N–H and O–H groups in total. The average molecular weight is 312 g/mol. The summed E-state index contributed by atoms with van der Waals surface area (Å²) >= 11 is 0. The van der Waals surface area contributed by atoms with Gasteiger partial charge in [0.05, 0.1) is 5.56 Å². The van der Waals surface area contributed by atoms with E-state index in [2.05, 4.69) is 36.1 Å². The topological polar surface area (TPSA) is 23.6 Å². The summed E-state index contributed by atoms with van der Waals surface area (Å²) in [7, 11) is 0. The summed E-state index contributed by atoms with van der Waals surface area (Å²) in [5.74, 6) is -0.655. The largest absolute Gasteiger partial charge is 0.336 e. The Labute approximate surface area is 136 Å². The van der Waals surface area contributed by atoms with Crippen LogP contribution in [0, 0.1) is 12.7 Å². The summed E-state index contributed by atoms with van der Waals surface area (Å²) in [6.45, 7) is 5.87. The Morgan fingerprint density at radius 1 is 1.00 bits per heavy atom. The van der Waals surface area contributed by atoms with Crippen LogP contribution in [0.25, 0.3) is 0 Å². The molecule has 1 saturated heterocycles. The third kappa shape index (κ3) is 3.77. The van der Waals surface area contributed by atoms with Gasteiger partial charge in [0.1, 0.15) is 5.82 Å². The second-order valence-electron chi connectivity index (χ2n) is 6.03. The van der Waals surface area contributed by atoms with Crippen molar-refractivity contribution in [2.24, 2.45) is 0 Å². The first kappa shape index (κ1) is 15.7. The molecule has 1 amide bonds. The number of piperazine rings is 1. The molecule has 0 bridgehead atoms. The van der Waals surface area contributed by atoms with E-state index >= 15 is 0 Å². The van der Waals surface area contributed by atoms with Crippen molar-refractivity contribution in [1.29, 1.82) is 0 Å². The molecule has 2 aromatic carbocycles. The summed E-state index contributed by atoms with van der Waals surface area (Å²) in [6, 6.07) is 14.7. The van der Waals surface area contributed by atoms with Crippen molar-refractivity contribution in [2.45, 2.75) is 13.5 Å². The van der Waals surface area contributed by atoms with E-state index in [1.165, 1.54) is 17.2 Å². The van der Waals surface area contributed by atoms with Gasteiger partial charge in [0.15, 0.2) is 0 Å². The number of halogens is 1. The maximum atomic E-state index is 13.7. The first-order valence-corrected chi connectivity index (χ1v) is 7.95. The molecular weight excluding hydrogens is 291 g/mol. The Bertz CT molecular complexity index is 676. The summed E-state index contributed by atoms with van der Waals surface area (Å²) in [5.41, 5.74) is 2.71. The number of aryl methyl sites for hydroxylation is 1. The number of benzene rings is 2. The molecule has 1 aliphatic rings. The first-order valence-electron chi connectivity index (χ1n) is 7.95. The van der Waals surface area contributed by atoms with Crippen molar-refractivity contribution >= 4 is 5.91 Å². The van der Waals surface area contributed by atoms with E-state index < -0.39 is 5.82 Å². The predicted molar refractivity (Wildman–Crippen MR) is 88.8 cm³/mol. The highest BCUT2D eigenvalue weighted by molar-refractivity contribution is 5.94. The van der Waals surface area contributed by atoms with E-state index in [0.717, 1.165) is 19.6 Å². The second-order valence-corrected chi connectivity index (χ2v) is 6.03. The fourth-order valence-corrected chi connectivity index (χ4v) is 2.87. The molecule has 0 radical (unpaired) electrons. The molecule has 0 unspecified atom stereocenters. The van der Waals surface area contributed by atoms with Gasteiger partial charge in [-0.3, -0.25) is 9.69 Å². The van der Waals surface area contributed by atoms with Crippen molar-refractivity contribution in [3.05, 3.63) is 71.0 Å². The highest BCUT2D eigenvalue weighted by Crippen LogP contribution is 2.14. The maximum Gasteiger partial charge on any atom is 0.256 e. The molecule has 0 saturated carbocycles. The minimum absolute atomic E-state index is 0.166. The lowest BCUT2D eigenvalue weighted by Gasteiger charge is -2.34. The van der Waals surface area contributed by atoms with Gasteiger partial charge in [-0.05, 0) is 24.6 Å². The predicted octanol–water partition coefficient (Wildman–Crippen LogP) is 3.09. The lowest BCUT2D eigenvalue weighted by Crippen LogP contribution is -2.48. The van der Waals surface area contributed by atoms with Crippen LogP contribution in [-0.2, 0) is 6.54 Å². The molecule has 1 heterocycles. The fourth-order valence-electron chi connectivity index (χ4n) is 2.87. The molecule has 1 aliphatic heterocycles. The normalized spacial score (nSPS) is 15.7. The summed E-state index contributed by atoms with van der Waals surface area (Å²) in [5, 5.41) is 0. The van der Waals surface area contributed by atoms with E-state index in [0.29, 0.717) is 13.1 Å². The molecule has 1 fully saturated rings. The Morgan fingerprint density at radius 2 is 1.65 bits per heavy atom. The van der Waals surface area contributed by atoms with Crippen molar-refractivity contribution < 1.29 is 9.18 Å². The van der Waals surface area contributed by atoms with Crippen LogP contribution in [0.4, 0.5) is 4.39 Å². The van der Waals surface area contributed by atoms with Crippen LogP contribution in [0.5, 0.6) is 0 Å². The molecule has 3 rings (SSSR count). The quantitative estimate of drug-likeness (QED) is 0.869. The van der Waals surface area contributed by atoms with Crippen LogP contribution in [0.15, 0.2) is 48.5 Å². The zero-order valence-electron chi connectivity index (χ0n) is 13.3. The van der Waals surface area contributed by atoms with E-state index in [4.69, 9.17) is 0 Å². The Morgan fingerprint density at radius 3 is 2.30 bits per heavy atom. The minimum atomic E-state index is -0.445. The molecule has 23 heavy (non-hydrogen) atoms. The molecule has 0 aromatic heterocycles. The van der Waals surface area contributed by atoms with Crippen LogP contribution in [0.3, 0.4) is 0 Å². The number of hydrogen-bond acceptors (Lipinski definition) is 2. The average Bonchev–Trinajstić information content (AvgIpc) is 2.57. The Hall–Kier alpha value is -2.20. The lowest BCUT2D eigenvalue weighted by atomic mass is 10.1. The zero-order valence-corrected chi connectivity index (χ0v) is 13.3. The van der Waals surface area contributed by atoms with Crippen LogP contribution in [0.1, 0.15) is 21.5 Å². The van der Waals surface area contributed by atoms with E-state index in [1.54, 1.807) is 23.1 Å². The number of rotatable bonds is 3. The first-order chi connectivity index (χ1) is 11.1. The Kier molecular flexibility index (Phi) is 4.72. The van der Waals surface area contributed by atoms with Crippen LogP contribution < -0.4 is 0 Å². The van der Waals surface area contributed by atoms with Gasteiger partial charge in [0.2, 0.25) is 0 Å². The molecular formula is C19H21FN2O. The molecule has 0 spiro atoms. The minimum Gasteiger partial charge on any atom is -0.336 e. The van der Waals surface area contributed by atoms with Gasteiger partial charge in [-0.15, -0.1) is 0 Å². The number of carbonyl (C=O) groups excluding carboxylic acids is 1. The fraction of sp³-hybridized carbons (Fsp3) is 0.316. The number of carbonyl (C=O) groups is 1. The molecule has 2 aromatic rings. The van der Waals surface area contributed by atoms with Gasteiger partial charge >= 0.3 is 0 Å². The van der Waals surface area contributed by atoms with E-state index in [9.17, 15) is 9.18 Å². The zero-order chi connectivity index (χ0) is 16.2. The SMILES string of the molecule is Cc1ccc(CN2CCN(C(=O)c3ccccc3F)CC2)cc1. The monoisotopic (exact) mass is 312 g/mol.